The maximum atomic E-state index is 5.91. The van der Waals surface area contributed by atoms with Gasteiger partial charge in [0.2, 0.25) is 0 Å². The summed E-state index contributed by atoms with van der Waals surface area (Å²) < 4.78 is 1.12. The zero-order valence-electron chi connectivity index (χ0n) is 11.5. The van der Waals surface area contributed by atoms with Crippen LogP contribution >= 0.6 is 39.3 Å². The largest absolute Gasteiger partial charge is 0.313 e. The third kappa shape index (κ3) is 4.26. The van der Waals surface area contributed by atoms with Gasteiger partial charge in [0.15, 0.2) is 0 Å². The van der Waals surface area contributed by atoms with Crippen molar-refractivity contribution < 1.29 is 0 Å². The second-order valence-corrected chi connectivity index (χ2v) is 6.98. The van der Waals surface area contributed by atoms with Gasteiger partial charge in [-0.1, -0.05) is 39.7 Å². The van der Waals surface area contributed by atoms with Crippen LogP contribution in [0.5, 0.6) is 0 Å². The summed E-state index contributed by atoms with van der Waals surface area (Å²) in [6, 6.07) is 14.8. The monoisotopic (exact) mass is 369 g/mol. The molecule has 0 amide bonds. The van der Waals surface area contributed by atoms with Crippen LogP contribution in [0.4, 0.5) is 0 Å². The van der Waals surface area contributed by atoms with Gasteiger partial charge in [0.1, 0.15) is 0 Å². The van der Waals surface area contributed by atoms with Gasteiger partial charge in [-0.25, -0.2) is 0 Å². The van der Waals surface area contributed by atoms with E-state index in [1.807, 2.05) is 30.9 Å². The molecule has 2 aromatic rings. The minimum absolute atomic E-state index is 0.334. The summed E-state index contributed by atoms with van der Waals surface area (Å²) in [5.74, 6) is 0.947. The number of benzene rings is 2. The topological polar surface area (TPSA) is 12.0 Å². The first kappa shape index (κ1) is 15.9. The third-order valence-electron chi connectivity index (χ3n) is 3.18. The van der Waals surface area contributed by atoms with E-state index < -0.39 is 0 Å². The van der Waals surface area contributed by atoms with E-state index in [9.17, 15) is 0 Å². The predicted molar refractivity (Wildman–Crippen MR) is 92.6 cm³/mol. The molecule has 0 spiro atoms. The van der Waals surface area contributed by atoms with Crippen molar-refractivity contribution in [2.75, 3.05) is 7.05 Å². The highest BCUT2D eigenvalue weighted by atomic mass is 79.9. The predicted octanol–water partition coefficient (Wildman–Crippen LogP) is 5.68. The van der Waals surface area contributed by atoms with E-state index >= 15 is 0 Å². The molecule has 1 N–H and O–H groups in total. The number of hydrogen-bond acceptors (Lipinski definition) is 2. The van der Waals surface area contributed by atoms with E-state index in [1.54, 1.807) is 0 Å². The Kier molecular flexibility index (Phi) is 5.97. The average Bonchev–Trinajstić information content (AvgIpc) is 2.46. The Morgan fingerprint density at radius 2 is 1.90 bits per heavy atom. The molecule has 0 radical (unpaired) electrons. The molecule has 1 atom stereocenters. The second kappa shape index (κ2) is 7.51. The molecule has 0 heterocycles. The lowest BCUT2D eigenvalue weighted by Gasteiger charge is -2.16. The molecule has 2 rings (SSSR count). The minimum Gasteiger partial charge on any atom is -0.313 e. The van der Waals surface area contributed by atoms with Crippen molar-refractivity contribution in [3.63, 3.8) is 0 Å². The summed E-state index contributed by atoms with van der Waals surface area (Å²) in [6.45, 7) is 2.17. The Labute approximate surface area is 138 Å². The van der Waals surface area contributed by atoms with Gasteiger partial charge in [0.05, 0.1) is 0 Å². The summed E-state index contributed by atoms with van der Waals surface area (Å²) in [5.41, 5.74) is 2.60. The number of hydrogen-bond donors (Lipinski definition) is 1. The lowest BCUT2D eigenvalue weighted by atomic mass is 10.1. The average molecular weight is 371 g/mol. The van der Waals surface area contributed by atoms with Crippen LogP contribution in [0.25, 0.3) is 0 Å². The molecule has 1 nitrogen and oxygen atoms in total. The van der Waals surface area contributed by atoms with Gasteiger partial charge in [-0.05, 0) is 55.4 Å². The highest BCUT2D eigenvalue weighted by Crippen LogP contribution is 2.32. The summed E-state index contributed by atoms with van der Waals surface area (Å²) in [5, 5.41) is 4.09. The second-order valence-electron chi connectivity index (χ2n) is 4.61. The molecule has 20 heavy (non-hydrogen) atoms. The summed E-state index contributed by atoms with van der Waals surface area (Å²) >= 11 is 11.3. The minimum atomic E-state index is 0.334. The fourth-order valence-corrected chi connectivity index (χ4v) is 3.47. The fraction of sp³-hybridized carbons (Fsp3) is 0.250. The molecule has 0 aliphatic heterocycles. The Morgan fingerprint density at radius 3 is 2.55 bits per heavy atom. The van der Waals surface area contributed by atoms with Crippen molar-refractivity contribution in [2.45, 2.75) is 23.6 Å². The lowest BCUT2D eigenvalue weighted by molar-refractivity contribution is 0.641. The van der Waals surface area contributed by atoms with E-state index in [1.165, 1.54) is 16.0 Å². The number of thioether (sulfide) groups is 1. The van der Waals surface area contributed by atoms with Gasteiger partial charge >= 0.3 is 0 Å². The Hall–Kier alpha value is -0.480. The number of nitrogens with one attached hydrogen (secondary N) is 1. The molecule has 1 unspecified atom stereocenters. The number of rotatable bonds is 5. The first-order chi connectivity index (χ1) is 9.60. The van der Waals surface area contributed by atoms with Crippen molar-refractivity contribution in [3.05, 3.63) is 63.1 Å². The number of halogens is 2. The van der Waals surface area contributed by atoms with Gasteiger partial charge in [-0.2, -0.15) is 0 Å². The van der Waals surface area contributed by atoms with E-state index in [0.717, 1.165) is 15.2 Å². The summed E-state index contributed by atoms with van der Waals surface area (Å²) in [4.78, 5) is 1.31. The van der Waals surface area contributed by atoms with E-state index in [-0.39, 0.29) is 0 Å². The van der Waals surface area contributed by atoms with Crippen LogP contribution in [0.3, 0.4) is 0 Å². The molecule has 2 aromatic carbocycles. The third-order valence-corrected chi connectivity index (χ3v) is 5.08. The maximum absolute atomic E-state index is 5.91. The Morgan fingerprint density at radius 1 is 1.20 bits per heavy atom. The first-order valence-electron chi connectivity index (χ1n) is 6.44. The van der Waals surface area contributed by atoms with Crippen LogP contribution in [0.2, 0.25) is 5.02 Å². The Bertz CT molecular complexity index is 571. The normalized spacial score (nSPS) is 12.4. The van der Waals surface area contributed by atoms with Gasteiger partial charge in [0, 0.05) is 26.2 Å². The Balaban J connectivity index is 2.14. The van der Waals surface area contributed by atoms with Crippen LogP contribution in [0.15, 0.2) is 51.8 Å². The van der Waals surface area contributed by atoms with Crippen LogP contribution in [0, 0.1) is 0 Å². The van der Waals surface area contributed by atoms with Crippen molar-refractivity contribution in [1.82, 2.24) is 5.32 Å². The quantitative estimate of drug-likeness (QED) is 0.680. The summed E-state index contributed by atoms with van der Waals surface area (Å²) in [7, 11) is 1.99. The summed E-state index contributed by atoms with van der Waals surface area (Å²) in [6.07, 6.45) is 0. The molecule has 0 aliphatic carbocycles. The van der Waals surface area contributed by atoms with Crippen LogP contribution in [-0.2, 0) is 5.75 Å². The molecule has 0 fully saturated rings. The van der Waals surface area contributed by atoms with Crippen molar-refractivity contribution in [2.24, 2.45) is 0 Å². The standard InChI is InChI=1S/C16H17BrClNS/c1-11(19-2)15-9-13(17)5-8-16(15)20-10-12-3-6-14(18)7-4-12/h3-9,11,19H,10H2,1-2H3. The molecule has 0 saturated heterocycles. The smallest absolute Gasteiger partial charge is 0.0406 e. The molecular formula is C16H17BrClNS. The van der Waals surface area contributed by atoms with Crippen LogP contribution in [-0.4, -0.2) is 7.05 Å². The molecule has 0 bridgehead atoms. The van der Waals surface area contributed by atoms with Crippen molar-refractivity contribution in [3.8, 4) is 0 Å². The van der Waals surface area contributed by atoms with Crippen LogP contribution < -0.4 is 5.32 Å². The van der Waals surface area contributed by atoms with Gasteiger partial charge < -0.3 is 5.32 Å². The lowest BCUT2D eigenvalue weighted by Crippen LogP contribution is -2.13. The fourth-order valence-electron chi connectivity index (χ4n) is 1.89. The van der Waals surface area contributed by atoms with E-state index in [2.05, 4.69) is 58.5 Å². The molecule has 0 saturated carbocycles. The van der Waals surface area contributed by atoms with Gasteiger partial charge in [-0.3, -0.25) is 0 Å². The molecule has 4 heteroatoms. The van der Waals surface area contributed by atoms with Crippen LogP contribution in [0.1, 0.15) is 24.1 Å². The highest BCUT2D eigenvalue weighted by molar-refractivity contribution is 9.10. The zero-order chi connectivity index (χ0) is 14.5. The van der Waals surface area contributed by atoms with E-state index in [4.69, 9.17) is 11.6 Å². The molecule has 0 aromatic heterocycles. The van der Waals surface area contributed by atoms with Gasteiger partial charge in [-0.15, -0.1) is 11.8 Å². The maximum Gasteiger partial charge on any atom is 0.0406 e. The van der Waals surface area contributed by atoms with Crippen molar-refractivity contribution in [1.29, 1.82) is 0 Å². The molecule has 106 valence electrons. The zero-order valence-corrected chi connectivity index (χ0v) is 14.6. The van der Waals surface area contributed by atoms with Gasteiger partial charge in [0.25, 0.3) is 0 Å². The highest BCUT2D eigenvalue weighted by Gasteiger charge is 2.10. The molecular weight excluding hydrogens is 354 g/mol. The SMILES string of the molecule is CNC(C)c1cc(Br)ccc1SCc1ccc(Cl)cc1. The van der Waals surface area contributed by atoms with Crippen molar-refractivity contribution >= 4 is 39.3 Å². The molecule has 0 aliphatic rings. The van der Waals surface area contributed by atoms with E-state index in [0.29, 0.717) is 6.04 Å². The first-order valence-corrected chi connectivity index (χ1v) is 8.59.